The maximum absolute atomic E-state index is 6.00. The van der Waals surface area contributed by atoms with Crippen LogP contribution < -0.4 is 11.1 Å². The number of rotatable bonds is 7. The zero-order chi connectivity index (χ0) is 16.5. The van der Waals surface area contributed by atoms with Gasteiger partial charge in [0.1, 0.15) is 0 Å². The molecule has 24 heavy (non-hydrogen) atoms. The summed E-state index contributed by atoms with van der Waals surface area (Å²) < 4.78 is 5.19. The Labute approximate surface area is 165 Å². The molecule has 0 heterocycles. The van der Waals surface area contributed by atoms with Gasteiger partial charge < -0.3 is 15.8 Å². The molecular formula is C18H24IN3OS. The molecule has 0 bridgehead atoms. The first-order valence-electron chi connectivity index (χ1n) is 7.54. The monoisotopic (exact) mass is 457 g/mol. The number of nitrogens with two attached hydrogens (primary N) is 1. The van der Waals surface area contributed by atoms with Crippen molar-refractivity contribution >= 4 is 47.4 Å². The Kier molecular flexibility index (Phi) is 9.82. The third kappa shape index (κ3) is 7.11. The van der Waals surface area contributed by atoms with Crippen molar-refractivity contribution in [1.29, 1.82) is 0 Å². The Morgan fingerprint density at radius 1 is 1.17 bits per heavy atom. The first-order valence-corrected chi connectivity index (χ1v) is 8.42. The molecule has 2 aromatic rings. The highest BCUT2D eigenvalue weighted by molar-refractivity contribution is 14.0. The fourth-order valence-electron chi connectivity index (χ4n) is 2.10. The fourth-order valence-corrected chi connectivity index (χ4v) is 3.02. The quantitative estimate of drug-likeness (QED) is 0.281. The van der Waals surface area contributed by atoms with Gasteiger partial charge in [-0.1, -0.05) is 43.3 Å². The normalized spacial score (nSPS) is 12.3. The number of nitrogens with one attached hydrogen (secondary N) is 1. The average Bonchev–Trinajstić information content (AvgIpc) is 2.56. The summed E-state index contributed by atoms with van der Waals surface area (Å²) in [6, 6.07) is 18.2. The summed E-state index contributed by atoms with van der Waals surface area (Å²) in [5.74, 6) is 0.425. The van der Waals surface area contributed by atoms with Crippen molar-refractivity contribution in [2.45, 2.75) is 23.7 Å². The number of aliphatic imine (C=N–C) groups is 1. The highest BCUT2D eigenvalue weighted by atomic mass is 127. The van der Waals surface area contributed by atoms with Crippen molar-refractivity contribution in [1.82, 2.24) is 0 Å². The number of benzene rings is 2. The molecule has 3 N–H and O–H groups in total. The van der Waals surface area contributed by atoms with E-state index in [1.165, 1.54) is 4.90 Å². The van der Waals surface area contributed by atoms with E-state index in [1.807, 2.05) is 42.5 Å². The van der Waals surface area contributed by atoms with Crippen LogP contribution in [0.4, 0.5) is 5.69 Å². The second kappa shape index (κ2) is 11.3. The molecule has 6 heteroatoms. The van der Waals surface area contributed by atoms with E-state index in [-0.39, 0.29) is 24.0 Å². The van der Waals surface area contributed by atoms with E-state index < -0.39 is 0 Å². The van der Waals surface area contributed by atoms with Crippen LogP contribution >= 0.6 is 35.7 Å². The summed E-state index contributed by atoms with van der Waals surface area (Å²) in [4.78, 5) is 5.68. The summed E-state index contributed by atoms with van der Waals surface area (Å²) in [5.41, 5.74) is 7.99. The van der Waals surface area contributed by atoms with E-state index in [0.29, 0.717) is 24.4 Å². The van der Waals surface area contributed by atoms with Gasteiger partial charge in [0, 0.05) is 28.5 Å². The van der Waals surface area contributed by atoms with Crippen LogP contribution in [0.25, 0.3) is 0 Å². The molecule has 0 aliphatic rings. The van der Waals surface area contributed by atoms with Crippen LogP contribution in [0.5, 0.6) is 0 Å². The number of para-hydroxylation sites is 1. The molecule has 0 spiro atoms. The fraction of sp³-hybridized carbons (Fsp3) is 0.278. The Hall–Kier alpha value is -1.25. The van der Waals surface area contributed by atoms with Crippen LogP contribution in [0.2, 0.25) is 0 Å². The van der Waals surface area contributed by atoms with Gasteiger partial charge in [-0.2, -0.15) is 0 Å². The Morgan fingerprint density at radius 3 is 2.54 bits per heavy atom. The molecule has 0 aliphatic heterocycles. The predicted molar refractivity (Wildman–Crippen MR) is 114 cm³/mol. The molecule has 0 aromatic heterocycles. The first kappa shape index (κ1) is 20.8. The molecule has 0 amide bonds. The number of hydrogen-bond acceptors (Lipinski definition) is 3. The average molecular weight is 457 g/mol. The molecule has 0 fully saturated rings. The summed E-state index contributed by atoms with van der Waals surface area (Å²) in [7, 11) is 1.68. The summed E-state index contributed by atoms with van der Waals surface area (Å²) in [6.07, 6.45) is 0. The lowest BCUT2D eigenvalue weighted by Crippen LogP contribution is -2.24. The topological polar surface area (TPSA) is 59.6 Å². The van der Waals surface area contributed by atoms with Crippen molar-refractivity contribution in [2.24, 2.45) is 10.7 Å². The minimum atomic E-state index is 0. The zero-order valence-corrected chi connectivity index (χ0v) is 17.1. The minimum absolute atomic E-state index is 0. The van der Waals surface area contributed by atoms with Gasteiger partial charge in [0.2, 0.25) is 0 Å². The molecule has 0 radical (unpaired) electrons. The molecule has 4 nitrogen and oxygen atoms in total. The Morgan fingerprint density at radius 2 is 1.83 bits per heavy atom. The maximum atomic E-state index is 6.00. The van der Waals surface area contributed by atoms with Crippen molar-refractivity contribution in [3.63, 3.8) is 0 Å². The highest BCUT2D eigenvalue weighted by Crippen LogP contribution is 2.22. The minimum Gasteiger partial charge on any atom is -0.380 e. The molecule has 130 valence electrons. The van der Waals surface area contributed by atoms with Crippen LogP contribution in [0.15, 0.2) is 64.5 Å². The van der Waals surface area contributed by atoms with Gasteiger partial charge in [0.05, 0.1) is 13.2 Å². The molecular weight excluding hydrogens is 433 g/mol. The van der Waals surface area contributed by atoms with Crippen LogP contribution in [-0.4, -0.2) is 24.9 Å². The van der Waals surface area contributed by atoms with Crippen LogP contribution in [0.3, 0.4) is 0 Å². The largest absolute Gasteiger partial charge is 0.380 e. The molecule has 0 aliphatic carbocycles. The van der Waals surface area contributed by atoms with E-state index in [4.69, 9.17) is 10.5 Å². The van der Waals surface area contributed by atoms with E-state index in [2.05, 4.69) is 29.4 Å². The summed E-state index contributed by atoms with van der Waals surface area (Å²) in [5, 5.41) is 3.51. The van der Waals surface area contributed by atoms with Crippen molar-refractivity contribution in [3.8, 4) is 0 Å². The van der Waals surface area contributed by atoms with Crippen LogP contribution in [0.1, 0.15) is 12.5 Å². The van der Waals surface area contributed by atoms with Crippen molar-refractivity contribution in [3.05, 3.63) is 60.2 Å². The third-order valence-corrected chi connectivity index (χ3v) is 4.27. The Balaban J connectivity index is 0.00000288. The second-order valence-electron chi connectivity index (χ2n) is 5.18. The van der Waals surface area contributed by atoms with Gasteiger partial charge in [0.15, 0.2) is 5.96 Å². The number of ether oxygens (including phenoxy) is 1. The van der Waals surface area contributed by atoms with Crippen LogP contribution in [-0.2, 0) is 11.3 Å². The molecule has 2 aromatic carbocycles. The Bertz CT molecular complexity index is 637. The van der Waals surface area contributed by atoms with E-state index >= 15 is 0 Å². The second-order valence-corrected chi connectivity index (χ2v) is 6.69. The lowest BCUT2D eigenvalue weighted by molar-refractivity contribution is 0.185. The zero-order valence-electron chi connectivity index (χ0n) is 13.9. The van der Waals surface area contributed by atoms with Gasteiger partial charge in [-0.05, 0) is 18.2 Å². The number of hydrogen-bond donors (Lipinski definition) is 2. The smallest absolute Gasteiger partial charge is 0.193 e. The lowest BCUT2D eigenvalue weighted by atomic mass is 10.2. The molecule has 0 saturated carbocycles. The van der Waals surface area contributed by atoms with E-state index in [0.717, 1.165) is 11.3 Å². The van der Waals surface area contributed by atoms with Crippen molar-refractivity contribution < 1.29 is 4.74 Å². The van der Waals surface area contributed by atoms with Gasteiger partial charge in [-0.25, -0.2) is 0 Å². The molecule has 1 atom stereocenters. The van der Waals surface area contributed by atoms with E-state index in [1.54, 1.807) is 18.9 Å². The molecule has 1 unspecified atom stereocenters. The third-order valence-electron chi connectivity index (χ3n) is 3.18. The van der Waals surface area contributed by atoms with Gasteiger partial charge in [-0.15, -0.1) is 35.7 Å². The lowest BCUT2D eigenvalue weighted by Gasteiger charge is -2.12. The number of thioether (sulfide) groups is 1. The highest BCUT2D eigenvalue weighted by Gasteiger charge is 2.05. The number of nitrogens with zero attached hydrogens (tertiary/aromatic N) is 1. The standard InChI is InChI=1S/C18H23N3OS.HI/c1-14(23-16-9-4-3-5-10-16)12-20-18(19)21-17-11-7-6-8-15(17)13-22-2;/h3-11,14H,12-13H2,1-2H3,(H3,19,20,21);1H. The molecule has 0 saturated heterocycles. The van der Waals surface area contributed by atoms with E-state index in [9.17, 15) is 0 Å². The number of anilines is 1. The maximum Gasteiger partial charge on any atom is 0.193 e. The number of methoxy groups -OCH3 is 1. The molecule has 2 rings (SSSR count). The van der Waals surface area contributed by atoms with Crippen LogP contribution in [0, 0.1) is 0 Å². The number of guanidine groups is 1. The summed E-state index contributed by atoms with van der Waals surface area (Å²) in [6.45, 7) is 3.34. The van der Waals surface area contributed by atoms with Crippen molar-refractivity contribution in [2.75, 3.05) is 19.0 Å². The number of halogens is 1. The first-order chi connectivity index (χ1) is 11.2. The predicted octanol–water partition coefficient (Wildman–Crippen LogP) is 4.36. The summed E-state index contributed by atoms with van der Waals surface area (Å²) >= 11 is 1.79. The van der Waals surface area contributed by atoms with Gasteiger partial charge in [-0.3, -0.25) is 4.99 Å². The van der Waals surface area contributed by atoms with Gasteiger partial charge in [0.25, 0.3) is 0 Å². The van der Waals surface area contributed by atoms with Gasteiger partial charge >= 0.3 is 0 Å². The SMILES string of the molecule is COCc1ccccc1NC(N)=NCC(C)Sc1ccccc1.I.